The summed E-state index contributed by atoms with van der Waals surface area (Å²) in [5.74, 6) is 0. The lowest BCUT2D eigenvalue weighted by Gasteiger charge is -2.01. The smallest absolute Gasteiger partial charge is 0.0533 e. The van der Waals surface area contributed by atoms with Crippen molar-refractivity contribution in [2.75, 3.05) is 6.61 Å². The summed E-state index contributed by atoms with van der Waals surface area (Å²) in [5, 5.41) is 19.9. The van der Waals surface area contributed by atoms with Gasteiger partial charge >= 0.3 is 0 Å². The van der Waals surface area contributed by atoms with Crippen LogP contribution in [0.25, 0.3) is 0 Å². The molecule has 72 valence electrons. The molecule has 0 saturated carbocycles. The molecule has 0 spiro atoms. The highest BCUT2D eigenvalue weighted by Crippen LogP contribution is 2.20. The van der Waals surface area contributed by atoms with Crippen LogP contribution in [0.3, 0.4) is 0 Å². The zero-order chi connectivity index (χ0) is 9.84. The van der Waals surface area contributed by atoms with Crippen molar-refractivity contribution in [3.05, 3.63) is 33.7 Å². The number of aliphatic hydroxyl groups excluding tert-OH is 2. The molecule has 3 heteroatoms. The molecule has 2 N–H and O–H groups in total. The second kappa shape index (κ2) is 4.61. The molecule has 0 radical (unpaired) electrons. The minimum atomic E-state index is -0.352. The maximum Gasteiger partial charge on any atom is 0.0533 e. The van der Waals surface area contributed by atoms with Gasteiger partial charge in [0.1, 0.15) is 0 Å². The Balaban J connectivity index is 0.000000133. The van der Waals surface area contributed by atoms with Gasteiger partial charge in [-0.05, 0) is 24.6 Å². The fourth-order valence-corrected chi connectivity index (χ4v) is 1.22. The fraction of sp³-hybridized carbons (Fsp3) is 0.400. The zero-order valence-corrected chi connectivity index (χ0v) is 8.25. The van der Waals surface area contributed by atoms with Gasteiger partial charge in [-0.1, -0.05) is 23.7 Å². The molecular formula is C10H13ClO2. The lowest BCUT2D eigenvalue weighted by Crippen LogP contribution is -2.00. The molecule has 13 heavy (non-hydrogen) atoms. The normalized spacial score (nSPS) is 12.9. The van der Waals surface area contributed by atoms with Crippen LogP contribution in [0, 0.1) is 10.4 Å². The van der Waals surface area contributed by atoms with Gasteiger partial charge in [0.25, 0.3) is 0 Å². The van der Waals surface area contributed by atoms with Gasteiger partial charge in [-0.25, -0.2) is 0 Å². The van der Waals surface area contributed by atoms with Gasteiger partial charge in [0, 0.05) is 16.8 Å². The Morgan fingerprint density at radius 1 is 1.46 bits per heavy atom. The molecular weight excluding hydrogens is 188 g/mol. The summed E-state index contributed by atoms with van der Waals surface area (Å²) in [4.78, 5) is 0. The molecule has 0 amide bonds. The van der Waals surface area contributed by atoms with Gasteiger partial charge in [-0.15, -0.1) is 0 Å². The third-order valence-electron chi connectivity index (χ3n) is 1.83. The second-order valence-corrected chi connectivity index (χ2v) is 3.46. The Kier molecular flexibility index (Phi) is 3.72. The average molecular weight is 201 g/mol. The first kappa shape index (κ1) is 10.5. The van der Waals surface area contributed by atoms with E-state index in [1.807, 2.05) is 12.1 Å². The first-order valence-electron chi connectivity index (χ1n) is 4.24. The highest BCUT2D eigenvalue weighted by molar-refractivity contribution is 6.31. The Hall–Kier alpha value is -0.570. The van der Waals surface area contributed by atoms with E-state index in [1.165, 1.54) is 10.4 Å². The van der Waals surface area contributed by atoms with Crippen LogP contribution < -0.4 is 0 Å². The molecule has 0 aromatic heterocycles. The highest BCUT2D eigenvalue weighted by atomic mass is 35.5. The van der Waals surface area contributed by atoms with Crippen LogP contribution in [0.1, 0.15) is 13.3 Å². The zero-order valence-electron chi connectivity index (χ0n) is 7.50. The Morgan fingerprint density at radius 3 is 2.15 bits per heavy atom. The van der Waals surface area contributed by atoms with E-state index in [4.69, 9.17) is 21.8 Å². The third kappa shape index (κ3) is 2.69. The van der Waals surface area contributed by atoms with Gasteiger partial charge < -0.3 is 10.2 Å². The van der Waals surface area contributed by atoms with E-state index in [2.05, 4.69) is 6.07 Å². The lowest BCUT2D eigenvalue weighted by atomic mass is 10.1. The predicted octanol–water partition coefficient (Wildman–Crippen LogP) is 1.69. The van der Waals surface area contributed by atoms with Crippen molar-refractivity contribution in [2.45, 2.75) is 19.4 Å². The summed E-state index contributed by atoms with van der Waals surface area (Å²) < 4.78 is 0. The van der Waals surface area contributed by atoms with Gasteiger partial charge in [0.05, 0.1) is 6.10 Å². The van der Waals surface area contributed by atoms with Crippen molar-refractivity contribution in [2.24, 2.45) is 0 Å². The maximum atomic E-state index is 8.39. The molecule has 0 aromatic carbocycles. The van der Waals surface area contributed by atoms with Crippen LogP contribution >= 0.6 is 11.6 Å². The van der Waals surface area contributed by atoms with E-state index in [0.717, 1.165) is 5.02 Å². The standard InChI is InChI=1S/C6H3Cl.C4H10O2/c7-6-3-4-1-2-5(4)6;1-4(6)2-3-5/h1-3H;4-6H,2-3H2,1H3. The van der Waals surface area contributed by atoms with Gasteiger partial charge in [-0.3, -0.25) is 0 Å². The molecule has 2 aliphatic rings. The van der Waals surface area contributed by atoms with E-state index in [-0.39, 0.29) is 12.7 Å². The summed E-state index contributed by atoms with van der Waals surface area (Å²) >= 11 is 5.60. The molecule has 0 bridgehead atoms. The van der Waals surface area contributed by atoms with Crippen LogP contribution in [-0.2, 0) is 0 Å². The van der Waals surface area contributed by atoms with E-state index < -0.39 is 0 Å². The molecule has 0 fully saturated rings. The lowest BCUT2D eigenvalue weighted by molar-refractivity contribution is 0.148. The summed E-state index contributed by atoms with van der Waals surface area (Å²) in [6, 6.07) is 6.05. The van der Waals surface area contributed by atoms with Gasteiger partial charge in [-0.2, -0.15) is 0 Å². The number of hydrogen-bond donors (Lipinski definition) is 2. The predicted molar refractivity (Wildman–Crippen MR) is 52.5 cm³/mol. The molecule has 2 nitrogen and oxygen atoms in total. The monoisotopic (exact) mass is 200 g/mol. The largest absolute Gasteiger partial charge is 0.396 e. The van der Waals surface area contributed by atoms with Crippen molar-refractivity contribution in [1.29, 1.82) is 0 Å². The highest BCUT2D eigenvalue weighted by Gasteiger charge is 1.99. The Morgan fingerprint density at radius 2 is 2.15 bits per heavy atom. The summed E-state index contributed by atoms with van der Waals surface area (Å²) in [5.41, 5.74) is 0. The first-order valence-corrected chi connectivity index (χ1v) is 4.62. The van der Waals surface area contributed by atoms with Crippen LogP contribution in [0.2, 0.25) is 5.02 Å². The van der Waals surface area contributed by atoms with E-state index in [1.54, 1.807) is 6.92 Å². The molecule has 0 heterocycles. The minimum absolute atomic E-state index is 0.0810. The number of rotatable bonds is 2. The average Bonchev–Trinajstić information content (AvgIpc) is 2.00. The van der Waals surface area contributed by atoms with Crippen LogP contribution in [-0.4, -0.2) is 22.9 Å². The van der Waals surface area contributed by atoms with E-state index >= 15 is 0 Å². The quantitative estimate of drug-likeness (QED) is 0.775. The van der Waals surface area contributed by atoms with Crippen molar-refractivity contribution in [1.82, 2.24) is 0 Å². The SMILES string of the molecule is CC(O)CCO.Clc1cc2ccc1=2. The van der Waals surface area contributed by atoms with Gasteiger partial charge in [0.2, 0.25) is 0 Å². The van der Waals surface area contributed by atoms with Crippen LogP contribution in [0.15, 0.2) is 18.2 Å². The van der Waals surface area contributed by atoms with E-state index in [9.17, 15) is 0 Å². The number of hydrogen-bond acceptors (Lipinski definition) is 2. The maximum absolute atomic E-state index is 8.39. The summed E-state index contributed by atoms with van der Waals surface area (Å²) in [6.07, 6.45) is 0.134. The van der Waals surface area contributed by atoms with Crippen molar-refractivity contribution in [3.63, 3.8) is 0 Å². The van der Waals surface area contributed by atoms with Gasteiger partial charge in [0.15, 0.2) is 0 Å². The minimum Gasteiger partial charge on any atom is -0.396 e. The number of aliphatic hydroxyl groups is 2. The van der Waals surface area contributed by atoms with Crippen LogP contribution in [0.4, 0.5) is 0 Å². The summed E-state index contributed by atoms with van der Waals surface area (Å²) in [7, 11) is 0. The topological polar surface area (TPSA) is 40.5 Å². The Labute approximate surface area is 82.1 Å². The number of halogens is 1. The molecule has 0 aromatic rings. The van der Waals surface area contributed by atoms with E-state index in [0.29, 0.717) is 6.42 Å². The van der Waals surface area contributed by atoms with Crippen molar-refractivity contribution >= 4 is 11.6 Å². The first-order chi connectivity index (χ1) is 6.15. The third-order valence-corrected chi connectivity index (χ3v) is 2.14. The summed E-state index contributed by atoms with van der Waals surface area (Å²) in [6.45, 7) is 1.73. The Bertz CT molecular complexity index is 360. The fourth-order valence-electron chi connectivity index (χ4n) is 0.930. The molecule has 0 saturated heterocycles. The van der Waals surface area contributed by atoms with Crippen LogP contribution in [0.5, 0.6) is 0 Å². The molecule has 1 unspecified atom stereocenters. The second-order valence-electron chi connectivity index (χ2n) is 3.06. The molecule has 1 atom stereocenters. The van der Waals surface area contributed by atoms with Crippen molar-refractivity contribution < 1.29 is 10.2 Å². The number of benzene rings is 1. The molecule has 2 aliphatic carbocycles. The van der Waals surface area contributed by atoms with Crippen molar-refractivity contribution in [3.8, 4) is 0 Å². The molecule has 2 rings (SSSR count). The molecule has 0 aliphatic heterocycles.